The second-order valence-corrected chi connectivity index (χ2v) is 7.77. The molecule has 0 aromatic carbocycles. The van der Waals surface area contributed by atoms with Gasteiger partial charge in [0.1, 0.15) is 4.21 Å². The number of sulfonamides is 1. The molecule has 1 saturated heterocycles. The summed E-state index contributed by atoms with van der Waals surface area (Å²) < 4.78 is 32.3. The molecule has 7 heteroatoms. The molecule has 19 heavy (non-hydrogen) atoms. The third-order valence-corrected chi connectivity index (χ3v) is 6.23. The average Bonchev–Trinajstić information content (AvgIpc) is 3.00. The number of aliphatic hydroxyl groups is 1. The van der Waals surface area contributed by atoms with Crippen LogP contribution in [0.5, 0.6) is 0 Å². The van der Waals surface area contributed by atoms with Crippen LogP contribution in [0.1, 0.15) is 17.7 Å². The van der Waals surface area contributed by atoms with Crippen molar-refractivity contribution >= 4 is 21.4 Å². The standard InChI is InChI=1S/C12H19NO4S2/c14-7-4-11-1-2-12(18-11)19(15,16)13-6-3-10-5-8-17-9-10/h1-2,10,13-14H,3-9H2. The molecule has 1 atom stereocenters. The lowest BCUT2D eigenvalue weighted by Gasteiger charge is -2.08. The minimum atomic E-state index is -3.40. The van der Waals surface area contributed by atoms with Crippen molar-refractivity contribution in [1.29, 1.82) is 0 Å². The Labute approximate surface area is 117 Å². The van der Waals surface area contributed by atoms with Crippen LogP contribution in [0.2, 0.25) is 0 Å². The van der Waals surface area contributed by atoms with E-state index in [4.69, 9.17) is 9.84 Å². The summed E-state index contributed by atoms with van der Waals surface area (Å²) in [4.78, 5) is 0.882. The van der Waals surface area contributed by atoms with E-state index in [1.807, 2.05) is 0 Å². The zero-order valence-corrected chi connectivity index (χ0v) is 12.3. The number of hydrogen-bond acceptors (Lipinski definition) is 5. The molecule has 0 aliphatic carbocycles. The molecule has 2 N–H and O–H groups in total. The van der Waals surface area contributed by atoms with Crippen molar-refractivity contribution in [3.05, 3.63) is 17.0 Å². The van der Waals surface area contributed by atoms with E-state index in [0.29, 0.717) is 23.1 Å². The van der Waals surface area contributed by atoms with Gasteiger partial charge in [-0.25, -0.2) is 13.1 Å². The number of nitrogens with one attached hydrogen (secondary N) is 1. The molecule has 1 aliphatic heterocycles. The Morgan fingerprint density at radius 3 is 3.00 bits per heavy atom. The van der Waals surface area contributed by atoms with E-state index >= 15 is 0 Å². The molecule has 1 aromatic rings. The quantitative estimate of drug-likeness (QED) is 0.787. The maximum atomic E-state index is 12.0. The Morgan fingerprint density at radius 1 is 1.47 bits per heavy atom. The summed E-state index contributed by atoms with van der Waals surface area (Å²) in [7, 11) is -3.40. The van der Waals surface area contributed by atoms with Crippen LogP contribution < -0.4 is 4.72 Å². The number of thiophene rings is 1. The molecule has 1 aromatic heterocycles. The van der Waals surface area contributed by atoms with Crippen molar-refractivity contribution in [3.8, 4) is 0 Å². The Bertz CT molecular complexity index is 492. The van der Waals surface area contributed by atoms with Gasteiger partial charge >= 0.3 is 0 Å². The predicted molar refractivity (Wildman–Crippen MR) is 73.8 cm³/mol. The highest BCUT2D eigenvalue weighted by Crippen LogP contribution is 2.22. The fraction of sp³-hybridized carbons (Fsp3) is 0.667. The first kappa shape index (κ1) is 14.9. The summed E-state index contributed by atoms with van der Waals surface area (Å²) in [6.07, 6.45) is 2.33. The minimum absolute atomic E-state index is 0.0368. The van der Waals surface area contributed by atoms with Gasteiger partial charge in [-0.2, -0.15) is 0 Å². The molecule has 5 nitrogen and oxygen atoms in total. The largest absolute Gasteiger partial charge is 0.396 e. The van der Waals surface area contributed by atoms with Gasteiger partial charge in [-0.05, 0) is 30.9 Å². The second-order valence-electron chi connectivity index (χ2n) is 4.61. The van der Waals surface area contributed by atoms with Crippen molar-refractivity contribution in [3.63, 3.8) is 0 Å². The molecule has 1 unspecified atom stereocenters. The summed E-state index contributed by atoms with van der Waals surface area (Å²) >= 11 is 1.21. The van der Waals surface area contributed by atoms with Crippen LogP contribution in [0.15, 0.2) is 16.3 Å². The summed E-state index contributed by atoms with van der Waals surface area (Å²) in [5, 5.41) is 8.82. The highest BCUT2D eigenvalue weighted by molar-refractivity contribution is 7.91. The maximum absolute atomic E-state index is 12.0. The number of aliphatic hydroxyl groups excluding tert-OH is 1. The smallest absolute Gasteiger partial charge is 0.250 e. The van der Waals surface area contributed by atoms with Crippen molar-refractivity contribution < 1.29 is 18.3 Å². The van der Waals surface area contributed by atoms with E-state index in [1.165, 1.54) is 11.3 Å². The Kier molecular flexibility index (Phi) is 5.35. The molecule has 108 valence electrons. The van der Waals surface area contributed by atoms with Gasteiger partial charge in [0.05, 0.1) is 0 Å². The molecular formula is C12H19NO4S2. The van der Waals surface area contributed by atoms with Crippen molar-refractivity contribution in [2.75, 3.05) is 26.4 Å². The monoisotopic (exact) mass is 305 g/mol. The Balaban J connectivity index is 1.85. The molecule has 2 rings (SSSR count). The topological polar surface area (TPSA) is 75.6 Å². The first-order chi connectivity index (χ1) is 9.12. The highest BCUT2D eigenvalue weighted by atomic mass is 32.2. The molecule has 0 spiro atoms. The van der Waals surface area contributed by atoms with E-state index in [-0.39, 0.29) is 6.61 Å². The minimum Gasteiger partial charge on any atom is -0.396 e. The van der Waals surface area contributed by atoms with Gasteiger partial charge in [-0.15, -0.1) is 11.3 Å². The van der Waals surface area contributed by atoms with Gasteiger partial charge in [-0.1, -0.05) is 0 Å². The molecule has 0 amide bonds. The second kappa shape index (κ2) is 6.81. The van der Waals surface area contributed by atoms with Crippen molar-refractivity contribution in [2.24, 2.45) is 5.92 Å². The average molecular weight is 305 g/mol. The third-order valence-electron chi connectivity index (χ3n) is 3.13. The van der Waals surface area contributed by atoms with Gasteiger partial charge < -0.3 is 9.84 Å². The van der Waals surface area contributed by atoms with Crippen LogP contribution in [-0.2, 0) is 21.2 Å². The van der Waals surface area contributed by atoms with Crippen LogP contribution in [0.4, 0.5) is 0 Å². The number of hydrogen-bond donors (Lipinski definition) is 2. The molecule has 0 bridgehead atoms. The molecule has 2 heterocycles. The van der Waals surface area contributed by atoms with Gasteiger partial charge in [0.25, 0.3) is 0 Å². The SMILES string of the molecule is O=S(=O)(NCCC1CCOC1)c1ccc(CCO)s1. The van der Waals surface area contributed by atoms with E-state index in [0.717, 1.165) is 30.9 Å². The fourth-order valence-electron chi connectivity index (χ4n) is 2.03. The van der Waals surface area contributed by atoms with E-state index in [9.17, 15) is 8.42 Å². The zero-order chi connectivity index (χ0) is 13.7. The Morgan fingerprint density at radius 2 is 2.32 bits per heavy atom. The van der Waals surface area contributed by atoms with Crippen LogP contribution in [0.3, 0.4) is 0 Å². The zero-order valence-electron chi connectivity index (χ0n) is 10.7. The highest BCUT2D eigenvalue weighted by Gasteiger charge is 2.19. The Hall–Kier alpha value is -0.470. The number of ether oxygens (including phenoxy) is 1. The van der Waals surface area contributed by atoms with Crippen LogP contribution in [0.25, 0.3) is 0 Å². The van der Waals surface area contributed by atoms with Gasteiger partial charge in [0, 0.05) is 37.7 Å². The van der Waals surface area contributed by atoms with E-state index in [2.05, 4.69) is 4.72 Å². The molecule has 1 fully saturated rings. The summed E-state index contributed by atoms with van der Waals surface area (Å²) in [5.41, 5.74) is 0. The lowest BCUT2D eigenvalue weighted by Crippen LogP contribution is -2.25. The van der Waals surface area contributed by atoms with Crippen LogP contribution >= 0.6 is 11.3 Å². The van der Waals surface area contributed by atoms with Gasteiger partial charge in [0.2, 0.25) is 10.0 Å². The molecular weight excluding hydrogens is 286 g/mol. The summed E-state index contributed by atoms with van der Waals surface area (Å²) in [5.74, 6) is 0.469. The normalized spacial score (nSPS) is 19.9. The summed E-state index contributed by atoms with van der Waals surface area (Å²) in [6.45, 7) is 2.01. The first-order valence-corrected chi connectivity index (χ1v) is 8.69. The fourth-order valence-corrected chi connectivity index (χ4v) is 4.46. The lowest BCUT2D eigenvalue weighted by atomic mass is 10.1. The van der Waals surface area contributed by atoms with Crippen LogP contribution in [-0.4, -0.2) is 39.9 Å². The lowest BCUT2D eigenvalue weighted by molar-refractivity contribution is 0.184. The van der Waals surface area contributed by atoms with Gasteiger partial charge in [0.15, 0.2) is 0 Å². The summed E-state index contributed by atoms with van der Waals surface area (Å²) in [6, 6.07) is 3.34. The predicted octanol–water partition coefficient (Wildman–Crippen LogP) is 0.988. The van der Waals surface area contributed by atoms with Crippen molar-refractivity contribution in [2.45, 2.75) is 23.5 Å². The van der Waals surface area contributed by atoms with E-state index < -0.39 is 10.0 Å². The maximum Gasteiger partial charge on any atom is 0.250 e. The molecule has 1 aliphatic rings. The number of rotatable bonds is 7. The molecule has 0 saturated carbocycles. The third kappa shape index (κ3) is 4.25. The van der Waals surface area contributed by atoms with Crippen LogP contribution in [0, 0.1) is 5.92 Å². The van der Waals surface area contributed by atoms with Crippen molar-refractivity contribution in [1.82, 2.24) is 4.72 Å². The first-order valence-electron chi connectivity index (χ1n) is 6.39. The van der Waals surface area contributed by atoms with Gasteiger partial charge in [-0.3, -0.25) is 0 Å². The van der Waals surface area contributed by atoms with E-state index in [1.54, 1.807) is 12.1 Å². The molecule has 0 radical (unpaired) electrons.